The van der Waals surface area contributed by atoms with Gasteiger partial charge in [-0.15, -0.1) is 11.3 Å². The molecule has 1 saturated heterocycles. The molecule has 0 radical (unpaired) electrons. The van der Waals surface area contributed by atoms with Crippen molar-refractivity contribution in [2.24, 2.45) is 0 Å². The number of nitrogens with zero attached hydrogens (tertiary/aromatic N) is 3. The Kier molecular flexibility index (Phi) is 3.48. The Morgan fingerprint density at radius 2 is 2.14 bits per heavy atom. The van der Waals surface area contributed by atoms with Gasteiger partial charge in [0.2, 0.25) is 0 Å². The van der Waals surface area contributed by atoms with E-state index in [0.717, 1.165) is 46.9 Å². The van der Waals surface area contributed by atoms with E-state index in [0.29, 0.717) is 6.04 Å². The summed E-state index contributed by atoms with van der Waals surface area (Å²) in [5, 5.41) is 9.12. The summed E-state index contributed by atoms with van der Waals surface area (Å²) >= 11 is 1.71. The Morgan fingerprint density at radius 3 is 2.91 bits per heavy atom. The van der Waals surface area contributed by atoms with Crippen LogP contribution in [0.3, 0.4) is 0 Å². The normalized spacial score (nSPS) is 18.0. The highest BCUT2D eigenvalue weighted by Gasteiger charge is 2.18. The van der Waals surface area contributed by atoms with E-state index in [1.165, 1.54) is 5.56 Å². The van der Waals surface area contributed by atoms with Gasteiger partial charge in [0.25, 0.3) is 0 Å². The molecular weight excluding hydrogens is 294 g/mol. The lowest BCUT2D eigenvalue weighted by molar-refractivity contribution is 0.789. The van der Waals surface area contributed by atoms with Crippen LogP contribution in [-0.2, 0) is 0 Å². The van der Waals surface area contributed by atoms with Crippen molar-refractivity contribution >= 4 is 27.4 Å². The first-order valence-corrected chi connectivity index (χ1v) is 8.33. The van der Waals surface area contributed by atoms with Gasteiger partial charge >= 0.3 is 0 Å². The largest absolute Gasteiger partial charge is 0.365 e. The summed E-state index contributed by atoms with van der Waals surface area (Å²) in [5.41, 5.74) is 3.24. The third-order valence-electron chi connectivity index (χ3n) is 3.93. The Hall–Kier alpha value is -2.05. The maximum absolute atomic E-state index is 4.78. The Balaban J connectivity index is 1.82. The van der Waals surface area contributed by atoms with Crippen molar-refractivity contribution in [3.05, 3.63) is 35.5 Å². The van der Waals surface area contributed by atoms with Crippen molar-refractivity contribution in [2.45, 2.75) is 19.4 Å². The average molecular weight is 311 g/mol. The number of nitrogens with one attached hydrogen (secondary N) is 2. The fourth-order valence-electron chi connectivity index (χ4n) is 2.73. The van der Waals surface area contributed by atoms with Crippen molar-refractivity contribution in [2.75, 3.05) is 18.4 Å². The van der Waals surface area contributed by atoms with Crippen molar-refractivity contribution in [3.8, 4) is 11.4 Å². The predicted octanol–water partition coefficient (Wildman–Crippen LogP) is 2.84. The number of anilines is 1. The monoisotopic (exact) mass is 311 g/mol. The van der Waals surface area contributed by atoms with Crippen LogP contribution < -0.4 is 10.6 Å². The number of hydrogen-bond acceptors (Lipinski definition) is 6. The van der Waals surface area contributed by atoms with Gasteiger partial charge in [-0.3, -0.25) is 4.98 Å². The summed E-state index contributed by atoms with van der Waals surface area (Å²) < 4.78 is 1.14. The van der Waals surface area contributed by atoms with Crippen LogP contribution >= 0.6 is 11.3 Å². The highest BCUT2D eigenvalue weighted by molar-refractivity contribution is 7.18. The van der Waals surface area contributed by atoms with E-state index in [-0.39, 0.29) is 0 Å². The van der Waals surface area contributed by atoms with E-state index in [4.69, 9.17) is 9.97 Å². The molecule has 0 bridgehead atoms. The number of aryl methyl sites for hydroxylation is 1. The van der Waals surface area contributed by atoms with Crippen LogP contribution in [0, 0.1) is 6.92 Å². The summed E-state index contributed by atoms with van der Waals surface area (Å²) in [5.74, 6) is 1.70. The minimum atomic E-state index is 0.436. The molecule has 4 heterocycles. The quantitative estimate of drug-likeness (QED) is 0.779. The van der Waals surface area contributed by atoms with Gasteiger partial charge < -0.3 is 10.6 Å². The first kappa shape index (κ1) is 13.6. The molecule has 0 aliphatic carbocycles. The van der Waals surface area contributed by atoms with Crippen molar-refractivity contribution in [3.63, 3.8) is 0 Å². The maximum Gasteiger partial charge on any atom is 0.162 e. The Morgan fingerprint density at radius 1 is 1.27 bits per heavy atom. The smallest absolute Gasteiger partial charge is 0.162 e. The first-order chi connectivity index (χ1) is 10.8. The molecule has 1 atom stereocenters. The number of pyridine rings is 1. The van der Waals surface area contributed by atoms with Gasteiger partial charge in [0.05, 0.1) is 10.2 Å². The molecule has 112 valence electrons. The van der Waals surface area contributed by atoms with E-state index in [9.17, 15) is 0 Å². The molecule has 2 N–H and O–H groups in total. The second-order valence-corrected chi connectivity index (χ2v) is 6.44. The highest BCUT2D eigenvalue weighted by Crippen LogP contribution is 2.32. The second-order valence-electron chi connectivity index (χ2n) is 5.56. The minimum absolute atomic E-state index is 0.436. The van der Waals surface area contributed by atoms with Gasteiger partial charge in [-0.25, -0.2) is 9.97 Å². The van der Waals surface area contributed by atoms with Crippen LogP contribution in [0.25, 0.3) is 21.6 Å². The van der Waals surface area contributed by atoms with Crippen LogP contribution in [0.5, 0.6) is 0 Å². The van der Waals surface area contributed by atoms with Crippen molar-refractivity contribution in [1.29, 1.82) is 0 Å². The van der Waals surface area contributed by atoms with E-state index in [2.05, 4.69) is 27.9 Å². The third kappa shape index (κ3) is 2.44. The molecule has 0 saturated carbocycles. The van der Waals surface area contributed by atoms with Gasteiger partial charge in [-0.1, -0.05) is 0 Å². The zero-order chi connectivity index (χ0) is 14.9. The predicted molar refractivity (Wildman–Crippen MR) is 90.3 cm³/mol. The summed E-state index contributed by atoms with van der Waals surface area (Å²) in [6.07, 6.45) is 4.68. The third-order valence-corrected chi connectivity index (χ3v) is 5.03. The zero-order valence-electron chi connectivity index (χ0n) is 12.3. The van der Waals surface area contributed by atoms with Crippen molar-refractivity contribution < 1.29 is 0 Å². The summed E-state index contributed by atoms with van der Waals surface area (Å²) in [6.45, 7) is 4.15. The van der Waals surface area contributed by atoms with E-state index in [1.807, 2.05) is 12.1 Å². The molecule has 1 aliphatic heterocycles. The van der Waals surface area contributed by atoms with Gasteiger partial charge in [-0.05, 0) is 43.0 Å². The summed E-state index contributed by atoms with van der Waals surface area (Å²) in [7, 11) is 0. The van der Waals surface area contributed by atoms with E-state index < -0.39 is 0 Å². The fourth-order valence-corrected chi connectivity index (χ4v) is 3.67. The number of thiophene rings is 1. The molecule has 1 fully saturated rings. The molecule has 4 rings (SSSR count). The van der Waals surface area contributed by atoms with Crippen molar-refractivity contribution in [1.82, 2.24) is 20.3 Å². The van der Waals surface area contributed by atoms with Gasteiger partial charge in [0, 0.05) is 30.5 Å². The van der Waals surface area contributed by atoms with Crippen LogP contribution in [0.1, 0.15) is 12.0 Å². The SMILES string of the molecule is Cc1csc2c(N[C@H]3CCNC3)nc(-c3ccncc3)nc12. The molecule has 22 heavy (non-hydrogen) atoms. The summed E-state index contributed by atoms with van der Waals surface area (Å²) in [6, 6.07) is 4.33. The number of rotatable bonds is 3. The first-order valence-electron chi connectivity index (χ1n) is 7.45. The topological polar surface area (TPSA) is 62.7 Å². The minimum Gasteiger partial charge on any atom is -0.365 e. The van der Waals surface area contributed by atoms with E-state index >= 15 is 0 Å². The lowest BCUT2D eigenvalue weighted by Gasteiger charge is -2.14. The highest BCUT2D eigenvalue weighted by atomic mass is 32.1. The van der Waals surface area contributed by atoms with Gasteiger partial charge in [0.1, 0.15) is 5.82 Å². The molecule has 0 spiro atoms. The van der Waals surface area contributed by atoms with Crippen LogP contribution in [0.2, 0.25) is 0 Å². The van der Waals surface area contributed by atoms with Crippen LogP contribution in [-0.4, -0.2) is 34.1 Å². The van der Waals surface area contributed by atoms with Crippen LogP contribution in [0.15, 0.2) is 29.9 Å². The molecule has 3 aromatic rings. The molecule has 6 heteroatoms. The molecule has 3 aromatic heterocycles. The zero-order valence-corrected chi connectivity index (χ0v) is 13.2. The lowest BCUT2D eigenvalue weighted by Crippen LogP contribution is -2.22. The van der Waals surface area contributed by atoms with Gasteiger partial charge in [0.15, 0.2) is 5.82 Å². The molecule has 0 amide bonds. The van der Waals surface area contributed by atoms with Gasteiger partial charge in [-0.2, -0.15) is 0 Å². The number of fused-ring (bicyclic) bond motifs is 1. The fraction of sp³-hybridized carbons (Fsp3) is 0.312. The second kappa shape index (κ2) is 5.62. The molecule has 5 nitrogen and oxygen atoms in total. The standard InChI is InChI=1S/C16H17N5S/c1-10-9-22-14-13(10)20-15(11-2-5-17-6-3-11)21-16(14)19-12-4-7-18-8-12/h2-3,5-6,9,12,18H,4,7-8H2,1H3,(H,19,20,21)/t12-/m0/s1. The lowest BCUT2D eigenvalue weighted by atomic mass is 10.2. The maximum atomic E-state index is 4.78. The number of hydrogen-bond donors (Lipinski definition) is 2. The Bertz CT molecular complexity index is 793. The molecular formula is C16H17N5S. The molecule has 1 aliphatic rings. The summed E-state index contributed by atoms with van der Waals surface area (Å²) in [4.78, 5) is 13.6. The number of aromatic nitrogens is 3. The van der Waals surface area contributed by atoms with Crippen LogP contribution in [0.4, 0.5) is 5.82 Å². The molecule has 0 aromatic carbocycles. The average Bonchev–Trinajstić information content (AvgIpc) is 3.19. The molecule has 0 unspecified atom stereocenters. The van der Waals surface area contributed by atoms with E-state index in [1.54, 1.807) is 23.7 Å². The Labute approximate surface area is 132 Å².